The van der Waals surface area contributed by atoms with Crippen molar-refractivity contribution in [3.63, 3.8) is 0 Å². The number of rotatable bonds is 3. The predicted molar refractivity (Wildman–Crippen MR) is 75.3 cm³/mol. The molecule has 15 heavy (non-hydrogen) atoms. The van der Waals surface area contributed by atoms with E-state index in [1.54, 1.807) is 5.57 Å². The van der Waals surface area contributed by atoms with Gasteiger partial charge < -0.3 is 0 Å². The molecule has 0 aromatic rings. The van der Waals surface area contributed by atoms with Crippen LogP contribution < -0.4 is 0 Å². The third-order valence-electron chi connectivity index (χ3n) is 2.11. The summed E-state index contributed by atoms with van der Waals surface area (Å²) in [6, 6.07) is 0. The quantitative estimate of drug-likeness (QED) is 0.674. The third-order valence-corrected chi connectivity index (χ3v) is 4.08. The Labute approximate surface area is 123 Å². The summed E-state index contributed by atoms with van der Waals surface area (Å²) in [5, 5.41) is 0. The molecule has 0 fully saturated rings. The first-order valence-electron chi connectivity index (χ1n) is 4.34. The summed E-state index contributed by atoms with van der Waals surface area (Å²) in [6.07, 6.45) is 7.10. The molecular weight excluding hydrogens is 308 g/mol. The second kappa shape index (κ2) is 10.5. The van der Waals surface area contributed by atoms with E-state index in [0.717, 1.165) is 12.3 Å². The molecule has 5 heteroatoms. The molecule has 1 aliphatic carbocycles. The molecule has 0 saturated heterocycles. The molecule has 0 nitrogen and oxygen atoms in total. The van der Waals surface area contributed by atoms with Crippen molar-refractivity contribution in [3.8, 4) is 0 Å². The van der Waals surface area contributed by atoms with Gasteiger partial charge in [-0.15, -0.1) is 37.2 Å². The van der Waals surface area contributed by atoms with Gasteiger partial charge >= 0.3 is 86.1 Å². The van der Waals surface area contributed by atoms with Gasteiger partial charge in [0.2, 0.25) is 0 Å². The molecule has 0 N–H and O–H groups in total. The van der Waals surface area contributed by atoms with E-state index < -0.39 is 0 Å². The zero-order valence-electron chi connectivity index (χ0n) is 9.27. The number of halogens is 3. The molecule has 0 aromatic carbocycles. The molecule has 0 heterocycles. The van der Waals surface area contributed by atoms with Gasteiger partial charge in [0.25, 0.3) is 0 Å². The van der Waals surface area contributed by atoms with Crippen molar-refractivity contribution in [3.05, 3.63) is 22.0 Å². The standard InChI is InChI=1S/C10H16P.3ClH.V/c1-9(8-11(2)3)10-6-4-5-7-10;;;;/h4,6,9H,5,8H2,1-3H3;3*1H;. The summed E-state index contributed by atoms with van der Waals surface area (Å²) in [4.78, 5) is 0. The van der Waals surface area contributed by atoms with Crippen LogP contribution in [0, 0.1) is 5.92 Å². The molecule has 0 radical (unpaired) electrons. The second-order valence-electron chi connectivity index (χ2n) is 3.67. The minimum absolute atomic E-state index is 0. The topological polar surface area (TPSA) is 0 Å². The number of hydrogen-bond donors (Lipinski definition) is 0. The molecule has 1 aliphatic rings. The smallest absolute Gasteiger partial charge is 0.147 e. The summed E-state index contributed by atoms with van der Waals surface area (Å²) >= 11 is 2.72. The van der Waals surface area contributed by atoms with Crippen molar-refractivity contribution in [2.24, 2.45) is 5.92 Å². The molecule has 0 amide bonds. The molecule has 1 unspecified atom stereocenters. The van der Waals surface area contributed by atoms with E-state index in [2.05, 4.69) is 49.8 Å². The van der Waals surface area contributed by atoms with E-state index in [1.807, 2.05) is 0 Å². The first kappa shape index (κ1) is 21.6. The molecule has 0 bridgehead atoms. The predicted octanol–water partition coefficient (Wildman–Crippen LogP) is 4.39. The summed E-state index contributed by atoms with van der Waals surface area (Å²) in [6.45, 7) is 7.06. The van der Waals surface area contributed by atoms with Crippen molar-refractivity contribution < 1.29 is 17.4 Å². The Morgan fingerprint density at radius 1 is 1.33 bits per heavy atom. The maximum Gasteiger partial charge on any atom is -0.147 e. The minimum atomic E-state index is 0. The first-order valence-corrected chi connectivity index (χ1v) is 7.46. The van der Waals surface area contributed by atoms with Crippen LogP contribution in [-0.2, 0) is 17.4 Å². The average molecular weight is 328 g/mol. The second-order valence-corrected chi connectivity index (χ2v) is 7.04. The average Bonchev–Trinajstić information content (AvgIpc) is 2.33. The van der Waals surface area contributed by atoms with Crippen LogP contribution in [0.1, 0.15) is 13.3 Å². The molecule has 0 spiro atoms. The van der Waals surface area contributed by atoms with Crippen LogP contribution in [0.3, 0.4) is 0 Å². The van der Waals surface area contributed by atoms with E-state index in [-0.39, 0.29) is 45.1 Å². The van der Waals surface area contributed by atoms with Crippen LogP contribution in [0.25, 0.3) is 0 Å². The van der Waals surface area contributed by atoms with Gasteiger partial charge in [-0.25, -0.2) is 0 Å². The summed E-state index contributed by atoms with van der Waals surface area (Å²) in [5.74, 6) is 0.767. The van der Waals surface area contributed by atoms with Gasteiger partial charge in [0.1, 0.15) is 0 Å². The fourth-order valence-corrected chi connectivity index (χ4v) is 3.52. The van der Waals surface area contributed by atoms with E-state index in [0.29, 0.717) is 0 Å². The minimum Gasteiger partial charge on any atom is -0.147 e. The molecule has 1 atom stereocenters. The normalized spacial score (nSPS) is 15.5. The zero-order valence-corrected chi connectivity index (χ0v) is 14.0. The van der Waals surface area contributed by atoms with Gasteiger partial charge in [-0.05, 0) is 0 Å². The fourth-order valence-electron chi connectivity index (χ4n) is 1.61. The Hall–Kier alpha value is 1.36. The van der Waals surface area contributed by atoms with Gasteiger partial charge in [0.05, 0.1) is 0 Å². The van der Waals surface area contributed by atoms with Crippen LogP contribution in [0.5, 0.6) is 0 Å². The van der Waals surface area contributed by atoms with Crippen molar-refractivity contribution in [2.75, 3.05) is 19.5 Å². The Morgan fingerprint density at radius 3 is 2.20 bits per heavy atom. The van der Waals surface area contributed by atoms with E-state index >= 15 is 0 Å². The molecule has 1 rings (SSSR count). The zero-order chi connectivity index (χ0) is 9.14. The Kier molecular flexibility index (Phi) is 15.2. The van der Waals surface area contributed by atoms with Crippen molar-refractivity contribution in [2.45, 2.75) is 13.3 Å². The van der Waals surface area contributed by atoms with Gasteiger partial charge in [-0.2, -0.15) is 0 Å². The fraction of sp³-hybridized carbons (Fsp3) is 0.600. The summed E-state index contributed by atoms with van der Waals surface area (Å²) < 4.78 is 1.52. The van der Waals surface area contributed by atoms with E-state index in [4.69, 9.17) is 0 Å². The van der Waals surface area contributed by atoms with Gasteiger partial charge in [0.15, 0.2) is 0 Å². The van der Waals surface area contributed by atoms with Crippen LogP contribution in [0.2, 0.25) is 0 Å². The summed E-state index contributed by atoms with van der Waals surface area (Å²) in [7, 11) is 0.250. The van der Waals surface area contributed by atoms with Crippen molar-refractivity contribution in [1.29, 1.82) is 0 Å². The first-order chi connectivity index (χ1) is 5.61. The Bertz CT molecular complexity index is 227. The molecule has 90 valence electrons. The largest absolute Gasteiger partial charge is 0.147 e. The molecular formula is C10H19Cl3PV. The van der Waals surface area contributed by atoms with Crippen LogP contribution >= 0.6 is 45.1 Å². The maximum atomic E-state index is 2.72. The molecule has 0 aliphatic heterocycles. The molecule has 0 aromatic heterocycles. The maximum absolute atomic E-state index is 2.72. The number of hydrogen-bond acceptors (Lipinski definition) is 0. The number of allylic oxidation sites excluding steroid dienone is 4. The van der Waals surface area contributed by atoms with Gasteiger partial charge in [-0.1, -0.05) is 0 Å². The third kappa shape index (κ3) is 7.32. The van der Waals surface area contributed by atoms with E-state index in [9.17, 15) is 0 Å². The monoisotopic (exact) mass is 326 g/mol. The van der Waals surface area contributed by atoms with Crippen LogP contribution in [-0.4, -0.2) is 19.5 Å². The SMILES string of the molecule is CC(CP(C)C)C1=[C]([V])CC=C1.Cl.Cl.Cl. The van der Waals surface area contributed by atoms with Crippen LogP contribution in [0.15, 0.2) is 22.0 Å². The van der Waals surface area contributed by atoms with E-state index in [1.165, 1.54) is 10.4 Å². The van der Waals surface area contributed by atoms with Gasteiger partial charge in [-0.3, -0.25) is 0 Å². The van der Waals surface area contributed by atoms with Crippen LogP contribution in [0.4, 0.5) is 0 Å². The Morgan fingerprint density at radius 2 is 1.87 bits per heavy atom. The van der Waals surface area contributed by atoms with Crippen molar-refractivity contribution >= 4 is 45.1 Å². The van der Waals surface area contributed by atoms with Crippen molar-refractivity contribution in [1.82, 2.24) is 0 Å². The van der Waals surface area contributed by atoms with Gasteiger partial charge in [0, 0.05) is 0 Å². The Balaban J connectivity index is -0.000000480. The summed E-state index contributed by atoms with van der Waals surface area (Å²) in [5.41, 5.74) is 1.58. The molecule has 0 saturated carbocycles.